The first kappa shape index (κ1) is 21.2. The Morgan fingerprint density at radius 1 is 0.697 bits per heavy atom. The van der Waals surface area contributed by atoms with Crippen LogP contribution in [0.3, 0.4) is 0 Å². The smallest absolute Gasteiger partial charge is 0.206 e. The molecule has 1 aliphatic carbocycles. The lowest BCUT2D eigenvalue weighted by Crippen LogP contribution is -2.50. The number of para-hydroxylation sites is 2. The van der Waals surface area contributed by atoms with E-state index in [0.717, 1.165) is 18.6 Å². The normalized spacial score (nSPS) is 22.6. The van der Waals surface area contributed by atoms with E-state index in [4.69, 9.17) is 4.98 Å². The average Bonchev–Trinajstić information content (AvgIpc) is 3.47. The van der Waals surface area contributed by atoms with E-state index in [0.29, 0.717) is 6.04 Å². The Morgan fingerprint density at radius 3 is 2.09 bits per heavy atom. The van der Waals surface area contributed by atoms with Gasteiger partial charge in [-0.05, 0) is 56.2 Å². The van der Waals surface area contributed by atoms with Gasteiger partial charge < -0.3 is 9.47 Å². The lowest BCUT2D eigenvalue weighted by atomic mass is 9.79. The highest BCUT2D eigenvalue weighted by molar-refractivity contribution is 5.79. The van der Waals surface area contributed by atoms with Gasteiger partial charge in [0.15, 0.2) is 0 Å². The fourth-order valence-corrected chi connectivity index (χ4v) is 6.93. The Kier molecular flexibility index (Phi) is 5.87. The Labute approximate surface area is 198 Å². The molecule has 33 heavy (non-hydrogen) atoms. The first-order valence-corrected chi connectivity index (χ1v) is 13.4. The number of nitrogens with zero attached hydrogens (tertiary/aromatic N) is 4. The summed E-state index contributed by atoms with van der Waals surface area (Å²) in [7, 11) is 0. The molecule has 4 nitrogen and oxygen atoms in total. The van der Waals surface area contributed by atoms with Crippen molar-refractivity contribution in [2.45, 2.75) is 75.8 Å². The van der Waals surface area contributed by atoms with Gasteiger partial charge in [0.25, 0.3) is 0 Å². The van der Waals surface area contributed by atoms with Crippen molar-refractivity contribution >= 4 is 17.0 Å². The second-order valence-corrected chi connectivity index (χ2v) is 10.5. The highest BCUT2D eigenvalue weighted by Crippen LogP contribution is 2.44. The van der Waals surface area contributed by atoms with Crippen LogP contribution in [0.5, 0.6) is 0 Å². The third-order valence-corrected chi connectivity index (χ3v) is 8.64. The van der Waals surface area contributed by atoms with Gasteiger partial charge in [0.05, 0.1) is 11.0 Å². The topological polar surface area (TPSA) is 24.3 Å². The lowest BCUT2D eigenvalue weighted by molar-refractivity contribution is 0.0361. The molecule has 0 N–H and O–H groups in total. The monoisotopic (exact) mass is 442 g/mol. The molecule has 3 heterocycles. The molecule has 0 unspecified atom stereocenters. The minimum atomic E-state index is 0.234. The predicted molar refractivity (Wildman–Crippen MR) is 137 cm³/mol. The second kappa shape index (κ2) is 9.13. The van der Waals surface area contributed by atoms with Gasteiger partial charge in [-0.2, -0.15) is 0 Å². The van der Waals surface area contributed by atoms with E-state index < -0.39 is 0 Å². The summed E-state index contributed by atoms with van der Waals surface area (Å²) in [5, 5.41) is 0. The van der Waals surface area contributed by atoms with Crippen LogP contribution in [0.15, 0.2) is 54.6 Å². The van der Waals surface area contributed by atoms with Gasteiger partial charge in [-0.3, -0.25) is 4.90 Å². The Bertz CT molecular complexity index is 1050. The van der Waals surface area contributed by atoms with Crippen LogP contribution in [0.25, 0.3) is 11.0 Å². The fourth-order valence-electron chi connectivity index (χ4n) is 6.93. The van der Waals surface area contributed by atoms with E-state index in [1.165, 1.54) is 88.8 Å². The van der Waals surface area contributed by atoms with Gasteiger partial charge in [0.1, 0.15) is 0 Å². The number of benzene rings is 2. The van der Waals surface area contributed by atoms with E-state index in [1.807, 2.05) is 0 Å². The van der Waals surface area contributed by atoms with Gasteiger partial charge in [0.2, 0.25) is 5.95 Å². The predicted octanol–water partition coefficient (Wildman–Crippen LogP) is 6.52. The van der Waals surface area contributed by atoms with Gasteiger partial charge >= 0.3 is 0 Å². The summed E-state index contributed by atoms with van der Waals surface area (Å²) < 4.78 is 2.61. The number of fused-ring (bicyclic) bond motifs is 1. The minimum Gasteiger partial charge on any atom is -0.342 e. The van der Waals surface area contributed by atoms with Crippen LogP contribution in [0.2, 0.25) is 0 Å². The molecular formula is C29H38N4. The quantitative estimate of drug-likeness (QED) is 0.430. The standard InChI is InChI=1S/C29H38N4/c1-2-9-19-29(18-8-1,24-12-4-3-5-13-24)32-22-16-25(17-23-32)33-27-15-7-6-14-26(27)30-28(33)31-20-10-11-21-31/h3-7,12-15,25H,1-2,8-11,16-23H2. The van der Waals surface area contributed by atoms with E-state index in [1.54, 1.807) is 5.56 Å². The zero-order valence-corrected chi connectivity index (χ0v) is 20.0. The molecule has 2 aromatic carbocycles. The highest BCUT2D eigenvalue weighted by Gasteiger charge is 2.40. The summed E-state index contributed by atoms with van der Waals surface area (Å²) in [5.74, 6) is 1.22. The highest BCUT2D eigenvalue weighted by atomic mass is 15.3. The molecule has 0 amide bonds. The second-order valence-electron chi connectivity index (χ2n) is 10.5. The third-order valence-electron chi connectivity index (χ3n) is 8.64. The van der Waals surface area contributed by atoms with Crippen LogP contribution in [0.1, 0.15) is 75.8 Å². The van der Waals surface area contributed by atoms with Crippen molar-refractivity contribution in [1.29, 1.82) is 0 Å². The van der Waals surface area contributed by atoms with Crippen LogP contribution in [-0.2, 0) is 5.54 Å². The van der Waals surface area contributed by atoms with Crippen molar-refractivity contribution in [2.24, 2.45) is 0 Å². The average molecular weight is 443 g/mol. The van der Waals surface area contributed by atoms with Crippen molar-refractivity contribution in [3.05, 3.63) is 60.2 Å². The van der Waals surface area contributed by atoms with Crippen molar-refractivity contribution in [2.75, 3.05) is 31.1 Å². The minimum absolute atomic E-state index is 0.234. The maximum absolute atomic E-state index is 5.13. The first-order chi connectivity index (χ1) is 16.4. The Morgan fingerprint density at radius 2 is 1.36 bits per heavy atom. The van der Waals surface area contributed by atoms with E-state index in [-0.39, 0.29) is 5.54 Å². The molecule has 0 radical (unpaired) electrons. The molecule has 3 aromatic rings. The molecule has 6 rings (SSSR count). The van der Waals surface area contributed by atoms with Gasteiger partial charge in [0, 0.05) is 37.8 Å². The molecule has 4 heteroatoms. The summed E-state index contributed by atoms with van der Waals surface area (Å²) >= 11 is 0. The van der Waals surface area contributed by atoms with Gasteiger partial charge in [-0.1, -0.05) is 68.1 Å². The SMILES string of the molecule is c1ccc(C2(N3CCC(n4c(N5CCCC5)nc5ccccc54)CC3)CCCCCC2)cc1. The molecule has 1 aromatic heterocycles. The summed E-state index contributed by atoms with van der Waals surface area (Å²) in [5.41, 5.74) is 4.27. The number of imidazole rings is 1. The number of hydrogen-bond donors (Lipinski definition) is 0. The van der Waals surface area contributed by atoms with Crippen LogP contribution in [-0.4, -0.2) is 40.6 Å². The Hall–Kier alpha value is -2.33. The third kappa shape index (κ3) is 3.86. The van der Waals surface area contributed by atoms with Crippen LogP contribution in [0.4, 0.5) is 5.95 Å². The first-order valence-electron chi connectivity index (χ1n) is 13.4. The van der Waals surface area contributed by atoms with Gasteiger partial charge in [-0.25, -0.2) is 4.98 Å². The maximum atomic E-state index is 5.13. The Balaban J connectivity index is 1.29. The molecule has 2 aliphatic heterocycles. The van der Waals surface area contributed by atoms with Crippen LogP contribution >= 0.6 is 0 Å². The maximum Gasteiger partial charge on any atom is 0.206 e. The van der Waals surface area contributed by atoms with E-state index in [9.17, 15) is 0 Å². The number of aromatic nitrogens is 2. The van der Waals surface area contributed by atoms with Crippen LogP contribution in [0, 0.1) is 0 Å². The fraction of sp³-hybridized carbons (Fsp3) is 0.552. The largest absolute Gasteiger partial charge is 0.342 e. The molecule has 0 spiro atoms. The van der Waals surface area contributed by atoms with Crippen LogP contribution < -0.4 is 4.90 Å². The number of likely N-dealkylation sites (tertiary alicyclic amines) is 1. The number of piperidine rings is 1. The molecule has 0 atom stereocenters. The molecular weight excluding hydrogens is 404 g/mol. The molecule has 174 valence electrons. The summed E-state index contributed by atoms with van der Waals surface area (Å²) in [6.07, 6.45) is 13.2. The van der Waals surface area contributed by atoms with Crippen molar-refractivity contribution in [3.8, 4) is 0 Å². The van der Waals surface area contributed by atoms with E-state index >= 15 is 0 Å². The summed E-state index contributed by atoms with van der Waals surface area (Å²) in [6.45, 7) is 4.68. The van der Waals surface area contributed by atoms with E-state index in [2.05, 4.69) is 69.0 Å². The van der Waals surface area contributed by atoms with Crippen molar-refractivity contribution < 1.29 is 0 Å². The van der Waals surface area contributed by atoms with Crippen molar-refractivity contribution in [1.82, 2.24) is 14.5 Å². The molecule has 0 bridgehead atoms. The summed E-state index contributed by atoms with van der Waals surface area (Å²) in [4.78, 5) is 10.5. The lowest BCUT2D eigenvalue weighted by Gasteiger charge is -2.48. The molecule has 1 saturated carbocycles. The molecule has 3 fully saturated rings. The number of hydrogen-bond acceptors (Lipinski definition) is 3. The van der Waals surface area contributed by atoms with Gasteiger partial charge in [-0.15, -0.1) is 0 Å². The zero-order chi connectivity index (χ0) is 22.1. The molecule has 2 saturated heterocycles. The summed E-state index contributed by atoms with van der Waals surface area (Å²) in [6, 6.07) is 20.8. The number of anilines is 1. The molecule has 3 aliphatic rings. The number of rotatable bonds is 4. The van der Waals surface area contributed by atoms with Crippen molar-refractivity contribution in [3.63, 3.8) is 0 Å². The zero-order valence-electron chi connectivity index (χ0n) is 20.0.